The van der Waals surface area contributed by atoms with Crippen molar-refractivity contribution in [2.75, 3.05) is 0 Å². The summed E-state index contributed by atoms with van der Waals surface area (Å²) >= 11 is 1.59. The molecule has 5 heteroatoms. The van der Waals surface area contributed by atoms with Gasteiger partial charge in [0.2, 0.25) is 0 Å². The first-order valence-electron chi connectivity index (χ1n) is 7.56. The normalized spacial score (nSPS) is 21.9. The third-order valence-electron chi connectivity index (χ3n) is 4.31. The fourth-order valence-corrected chi connectivity index (χ4v) is 4.03. The van der Waals surface area contributed by atoms with Crippen molar-refractivity contribution in [1.29, 1.82) is 0 Å². The quantitative estimate of drug-likeness (QED) is 0.588. The molecular weight excluding hydrogens is 312 g/mol. The molecule has 118 valence electrons. The van der Waals surface area contributed by atoms with E-state index in [1.165, 1.54) is 0 Å². The molecule has 0 spiro atoms. The molecule has 4 nitrogen and oxygen atoms in total. The minimum Gasteiger partial charge on any atom is -0.486 e. The van der Waals surface area contributed by atoms with Crippen LogP contribution in [0.1, 0.15) is 54.1 Å². The Labute approximate surface area is 138 Å². The molecule has 0 N–H and O–H groups in total. The maximum atomic E-state index is 12.5. The fraction of sp³-hybridized carbons (Fsp3) is 0.333. The monoisotopic (exact) mass is 328 g/mol. The molecule has 0 bridgehead atoms. The van der Waals surface area contributed by atoms with E-state index >= 15 is 0 Å². The van der Waals surface area contributed by atoms with Crippen molar-refractivity contribution < 1.29 is 19.1 Å². The molecule has 2 aliphatic rings. The Hall–Kier alpha value is -2.14. The van der Waals surface area contributed by atoms with Crippen LogP contribution in [0.25, 0.3) is 0 Å². The van der Waals surface area contributed by atoms with E-state index in [1.54, 1.807) is 23.5 Å². The van der Waals surface area contributed by atoms with Crippen LogP contribution >= 0.6 is 11.3 Å². The number of carbonyl (C=O) groups is 2. The average molecular weight is 328 g/mol. The van der Waals surface area contributed by atoms with E-state index in [-0.39, 0.29) is 24.1 Å². The maximum absolute atomic E-state index is 12.5. The van der Waals surface area contributed by atoms with E-state index in [9.17, 15) is 9.59 Å². The fourth-order valence-electron chi connectivity index (χ4n) is 3.32. The first-order valence-corrected chi connectivity index (χ1v) is 8.51. The van der Waals surface area contributed by atoms with Gasteiger partial charge >= 0.3 is 5.97 Å². The van der Waals surface area contributed by atoms with Crippen molar-refractivity contribution in [3.05, 3.63) is 45.6 Å². The lowest BCUT2D eigenvalue weighted by molar-refractivity contribution is -0.135. The number of esters is 1. The molecule has 2 aromatic rings. The summed E-state index contributed by atoms with van der Waals surface area (Å²) < 4.78 is 11.5. The molecule has 0 saturated heterocycles. The van der Waals surface area contributed by atoms with Gasteiger partial charge in [-0.15, -0.1) is 0 Å². The van der Waals surface area contributed by atoms with Crippen molar-refractivity contribution in [2.24, 2.45) is 0 Å². The zero-order chi connectivity index (χ0) is 16.2. The number of fused-ring (bicyclic) bond motifs is 3. The van der Waals surface area contributed by atoms with Crippen LogP contribution in [0, 0.1) is 0 Å². The summed E-state index contributed by atoms with van der Waals surface area (Å²) in [7, 11) is 0. The van der Waals surface area contributed by atoms with Crippen LogP contribution in [0.2, 0.25) is 0 Å². The van der Waals surface area contributed by atoms with Crippen LogP contribution in [-0.4, -0.2) is 17.4 Å². The van der Waals surface area contributed by atoms with E-state index in [0.29, 0.717) is 23.5 Å². The number of ketones is 1. The minimum absolute atomic E-state index is 0.0695. The van der Waals surface area contributed by atoms with Gasteiger partial charge in [-0.3, -0.25) is 9.59 Å². The van der Waals surface area contributed by atoms with E-state index in [1.807, 2.05) is 30.7 Å². The number of hydrogen-bond donors (Lipinski definition) is 0. The second-order valence-corrected chi connectivity index (χ2v) is 7.38. The SMILES string of the molecule is CC1(C)CC(=O)c2ccc3c(c2O1)[C@@H](c1ccsc1)CC(=O)O3. The number of thiophene rings is 1. The van der Waals surface area contributed by atoms with Gasteiger partial charge in [0.25, 0.3) is 0 Å². The van der Waals surface area contributed by atoms with Crippen LogP contribution in [-0.2, 0) is 4.79 Å². The van der Waals surface area contributed by atoms with E-state index in [2.05, 4.69) is 0 Å². The molecule has 1 aromatic heterocycles. The molecule has 3 heterocycles. The topological polar surface area (TPSA) is 52.6 Å². The minimum atomic E-state index is -0.556. The van der Waals surface area contributed by atoms with Crippen molar-refractivity contribution >= 4 is 23.1 Å². The summed E-state index contributed by atoms with van der Waals surface area (Å²) in [4.78, 5) is 24.4. The van der Waals surface area contributed by atoms with Crippen molar-refractivity contribution in [3.8, 4) is 11.5 Å². The lowest BCUT2D eigenvalue weighted by Gasteiger charge is -2.36. The van der Waals surface area contributed by atoms with Gasteiger partial charge in [-0.1, -0.05) is 0 Å². The molecular formula is C18H16O4S. The van der Waals surface area contributed by atoms with Gasteiger partial charge in [-0.25, -0.2) is 0 Å². The third kappa shape index (κ3) is 2.36. The lowest BCUT2D eigenvalue weighted by Crippen LogP contribution is -2.37. The summed E-state index contributed by atoms with van der Waals surface area (Å²) in [5, 5.41) is 4.02. The number of hydrogen-bond acceptors (Lipinski definition) is 5. The second-order valence-electron chi connectivity index (χ2n) is 6.60. The van der Waals surface area contributed by atoms with E-state index < -0.39 is 5.60 Å². The molecule has 0 amide bonds. The van der Waals surface area contributed by atoms with Crippen LogP contribution in [0.15, 0.2) is 29.0 Å². The molecule has 0 aliphatic carbocycles. The van der Waals surface area contributed by atoms with Gasteiger partial charge in [-0.05, 0) is 48.4 Å². The largest absolute Gasteiger partial charge is 0.486 e. The first kappa shape index (κ1) is 14.5. The molecule has 2 aliphatic heterocycles. The molecule has 0 unspecified atom stereocenters. The third-order valence-corrected chi connectivity index (χ3v) is 5.01. The highest BCUT2D eigenvalue weighted by atomic mass is 32.1. The second kappa shape index (κ2) is 4.93. The van der Waals surface area contributed by atoms with Crippen LogP contribution in [0.3, 0.4) is 0 Å². The first-order chi connectivity index (χ1) is 10.9. The van der Waals surface area contributed by atoms with Crippen molar-refractivity contribution in [1.82, 2.24) is 0 Å². The molecule has 4 rings (SSSR count). The maximum Gasteiger partial charge on any atom is 0.312 e. The number of carbonyl (C=O) groups excluding carboxylic acids is 2. The Morgan fingerprint density at radius 3 is 2.78 bits per heavy atom. The molecule has 0 fully saturated rings. The van der Waals surface area contributed by atoms with Gasteiger partial charge in [0.05, 0.1) is 18.4 Å². The van der Waals surface area contributed by atoms with Gasteiger partial charge < -0.3 is 9.47 Å². The summed E-state index contributed by atoms with van der Waals surface area (Å²) in [5.41, 5.74) is 1.91. The van der Waals surface area contributed by atoms with Crippen molar-refractivity contribution in [2.45, 2.75) is 38.2 Å². The molecule has 1 atom stereocenters. The Kier molecular flexibility index (Phi) is 3.10. The predicted octanol–water partition coefficient (Wildman–Crippen LogP) is 3.93. The average Bonchev–Trinajstić information content (AvgIpc) is 2.98. The summed E-state index contributed by atoms with van der Waals surface area (Å²) in [6.45, 7) is 3.81. The Morgan fingerprint density at radius 1 is 1.22 bits per heavy atom. The highest BCUT2D eigenvalue weighted by Crippen LogP contribution is 2.49. The molecule has 1 aromatic carbocycles. The van der Waals surface area contributed by atoms with Gasteiger partial charge in [-0.2, -0.15) is 11.3 Å². The zero-order valence-corrected chi connectivity index (χ0v) is 13.7. The Bertz CT molecular complexity index is 805. The zero-order valence-electron chi connectivity index (χ0n) is 12.9. The van der Waals surface area contributed by atoms with Crippen LogP contribution in [0.4, 0.5) is 0 Å². The van der Waals surface area contributed by atoms with Crippen molar-refractivity contribution in [3.63, 3.8) is 0 Å². The highest BCUT2D eigenvalue weighted by Gasteiger charge is 2.39. The van der Waals surface area contributed by atoms with Gasteiger partial charge in [0.1, 0.15) is 17.1 Å². The summed E-state index contributed by atoms with van der Waals surface area (Å²) in [6, 6.07) is 5.42. The van der Waals surface area contributed by atoms with E-state index in [4.69, 9.17) is 9.47 Å². The number of Topliss-reactive ketones (excluding diaryl/α,β-unsaturated/α-hetero) is 1. The highest BCUT2D eigenvalue weighted by molar-refractivity contribution is 7.08. The van der Waals surface area contributed by atoms with Gasteiger partial charge in [0.15, 0.2) is 5.78 Å². The molecule has 0 saturated carbocycles. The predicted molar refractivity (Wildman–Crippen MR) is 86.5 cm³/mol. The standard InChI is InChI=1S/C18H16O4S/c1-18(2)8-13(19)11-3-4-14-16(17(11)22-18)12(7-15(20)21-14)10-5-6-23-9-10/h3-6,9,12H,7-8H2,1-2H3/t12-/m1/s1. The Morgan fingerprint density at radius 2 is 2.04 bits per heavy atom. The smallest absolute Gasteiger partial charge is 0.312 e. The van der Waals surface area contributed by atoms with E-state index in [0.717, 1.165) is 11.1 Å². The number of ether oxygens (including phenoxy) is 2. The van der Waals surface area contributed by atoms with Crippen LogP contribution in [0.5, 0.6) is 11.5 Å². The summed E-state index contributed by atoms with van der Waals surface area (Å²) in [5.74, 6) is 0.762. The molecule has 0 radical (unpaired) electrons. The summed E-state index contributed by atoms with van der Waals surface area (Å²) in [6.07, 6.45) is 0.611. The van der Waals surface area contributed by atoms with Crippen LogP contribution < -0.4 is 9.47 Å². The lowest BCUT2D eigenvalue weighted by atomic mass is 9.83. The molecule has 23 heavy (non-hydrogen) atoms. The number of rotatable bonds is 1. The Balaban J connectivity index is 1.94. The van der Waals surface area contributed by atoms with Gasteiger partial charge in [0, 0.05) is 11.5 Å². The number of benzene rings is 1.